The van der Waals surface area contributed by atoms with Crippen molar-refractivity contribution in [1.29, 1.82) is 0 Å². The second-order valence-corrected chi connectivity index (χ2v) is 14.7. The average molecular weight is 694 g/mol. The van der Waals surface area contributed by atoms with Crippen LogP contribution in [0.5, 0.6) is 0 Å². The Labute approximate surface area is 277 Å². The van der Waals surface area contributed by atoms with E-state index in [1.165, 1.54) is 44.5 Å². The number of hydrogen-bond acceptors (Lipinski definition) is 10. The van der Waals surface area contributed by atoms with E-state index in [4.69, 9.17) is 9.57 Å². The van der Waals surface area contributed by atoms with Gasteiger partial charge in [-0.15, -0.1) is 0 Å². The van der Waals surface area contributed by atoms with Crippen LogP contribution >= 0.6 is 15.9 Å². The number of carbonyl (C=O) groups excluding carboxylic acids is 2. The van der Waals surface area contributed by atoms with Gasteiger partial charge in [-0.2, -0.15) is 10.1 Å². The van der Waals surface area contributed by atoms with E-state index in [0.29, 0.717) is 23.1 Å². The minimum Gasteiger partial charge on any atom is -0.465 e. The van der Waals surface area contributed by atoms with Gasteiger partial charge >= 0.3 is 11.9 Å². The normalized spacial score (nSPS) is 20.0. The number of methoxy groups -OCH3 is 2. The van der Waals surface area contributed by atoms with Crippen molar-refractivity contribution in [2.45, 2.75) is 128 Å². The van der Waals surface area contributed by atoms with Crippen molar-refractivity contribution in [2.75, 3.05) is 14.2 Å². The van der Waals surface area contributed by atoms with Gasteiger partial charge in [0, 0.05) is 52.3 Å². The Morgan fingerprint density at radius 2 is 1.13 bits per heavy atom. The van der Waals surface area contributed by atoms with Gasteiger partial charge in [0.25, 0.3) is 0 Å². The molecule has 2 saturated heterocycles. The third-order valence-electron chi connectivity index (χ3n) is 8.35. The molecule has 0 unspecified atom stereocenters. The fourth-order valence-corrected chi connectivity index (χ4v) is 6.34. The molecule has 4 rings (SSSR count). The molecule has 0 aliphatic carbocycles. The van der Waals surface area contributed by atoms with Gasteiger partial charge in [-0.3, -0.25) is 14.8 Å². The second-order valence-electron chi connectivity index (χ2n) is 14.1. The summed E-state index contributed by atoms with van der Waals surface area (Å²) in [5.74, 6) is -0.738. The van der Waals surface area contributed by atoms with E-state index in [-0.39, 0.29) is 34.1 Å². The van der Waals surface area contributed by atoms with Crippen LogP contribution in [0.4, 0.5) is 0 Å². The Morgan fingerprint density at radius 3 is 1.53 bits per heavy atom. The number of piperidine rings is 2. The molecule has 2 aliphatic heterocycles. The van der Waals surface area contributed by atoms with Gasteiger partial charge in [0.2, 0.25) is 0 Å². The Bertz CT molecular complexity index is 1230. The van der Waals surface area contributed by atoms with Crippen LogP contribution in [0.1, 0.15) is 126 Å². The number of esters is 2. The largest absolute Gasteiger partial charge is 0.465 e. The minimum atomic E-state index is -0.381. The molecule has 0 amide bonds. The Kier molecular flexibility index (Phi) is 14.1. The van der Waals surface area contributed by atoms with Crippen molar-refractivity contribution in [1.82, 2.24) is 20.1 Å². The standard InChI is InChI=1S/C17H26N2O3.C9H19NO.C8H8BrNO2/c1-16(2)7-6-8-17(3,4)19(16)22-12-13-9-14(11-18-10-13)15(20)21-5;1-8(2)6-5-7-9(3,4)10(8)11;1-12-8(11)7-2-6(3-9)4-10-5-7/h9-11H,6-8,12H2,1-5H3;11H,5-7H2,1-4H3;2,4-5H,3H2,1H3. The van der Waals surface area contributed by atoms with Gasteiger partial charge in [0.05, 0.1) is 32.0 Å². The fourth-order valence-electron chi connectivity index (χ4n) is 6.04. The van der Waals surface area contributed by atoms with Crippen molar-refractivity contribution in [3.63, 3.8) is 0 Å². The summed E-state index contributed by atoms with van der Waals surface area (Å²) in [5.41, 5.74) is 2.65. The summed E-state index contributed by atoms with van der Waals surface area (Å²) in [6, 6.07) is 3.51. The number of hydroxylamine groups is 4. The molecule has 0 saturated carbocycles. The molecule has 2 aromatic rings. The fraction of sp³-hybridized carbons (Fsp3) is 0.647. The van der Waals surface area contributed by atoms with Gasteiger partial charge in [0.1, 0.15) is 0 Å². The predicted octanol–water partition coefficient (Wildman–Crippen LogP) is 7.52. The van der Waals surface area contributed by atoms with Crippen LogP contribution in [0.15, 0.2) is 36.9 Å². The molecule has 0 atom stereocenters. The van der Waals surface area contributed by atoms with E-state index in [1.54, 1.807) is 24.5 Å². The van der Waals surface area contributed by atoms with E-state index in [1.807, 2.05) is 0 Å². The highest BCUT2D eigenvalue weighted by Gasteiger charge is 2.42. The molecule has 0 spiro atoms. The van der Waals surface area contributed by atoms with Gasteiger partial charge in [-0.25, -0.2) is 9.59 Å². The average Bonchev–Trinajstić information content (AvgIpc) is 2.99. The van der Waals surface area contributed by atoms with Crippen LogP contribution in [0, 0.1) is 0 Å². The Morgan fingerprint density at radius 1 is 0.733 bits per heavy atom. The number of hydrogen-bond donors (Lipinski definition) is 1. The quantitative estimate of drug-likeness (QED) is 0.241. The van der Waals surface area contributed by atoms with Gasteiger partial charge in [-0.05, 0) is 117 Å². The third kappa shape index (κ3) is 11.1. The van der Waals surface area contributed by atoms with Crippen molar-refractivity contribution in [2.24, 2.45) is 0 Å². The summed E-state index contributed by atoms with van der Waals surface area (Å²) in [4.78, 5) is 36.7. The summed E-state index contributed by atoms with van der Waals surface area (Å²) in [5, 5.41) is 14.1. The SMILES string of the molecule is CC1(C)CCCC(C)(C)N1O.COC(=O)c1cncc(CBr)c1.COC(=O)c1cncc(CON2C(C)(C)CCCC2(C)C)c1. The van der Waals surface area contributed by atoms with E-state index in [0.717, 1.165) is 36.8 Å². The van der Waals surface area contributed by atoms with Crippen LogP contribution in [-0.4, -0.2) is 73.6 Å². The topological polar surface area (TPSA) is 114 Å². The lowest BCUT2D eigenvalue weighted by molar-refractivity contribution is -0.288. The number of pyridine rings is 2. The van der Waals surface area contributed by atoms with Crippen LogP contribution in [0.3, 0.4) is 0 Å². The third-order valence-corrected chi connectivity index (χ3v) is 8.99. The highest BCUT2D eigenvalue weighted by Crippen LogP contribution is 2.39. The predicted molar refractivity (Wildman–Crippen MR) is 178 cm³/mol. The number of ether oxygens (including phenoxy) is 2. The molecule has 2 fully saturated rings. The zero-order valence-corrected chi connectivity index (χ0v) is 30.4. The summed E-state index contributed by atoms with van der Waals surface area (Å²) < 4.78 is 9.26. The molecule has 2 aromatic heterocycles. The van der Waals surface area contributed by atoms with E-state index < -0.39 is 0 Å². The Balaban J connectivity index is 0.000000259. The zero-order chi connectivity index (χ0) is 34.1. The number of halogens is 1. The molecule has 0 radical (unpaired) electrons. The van der Waals surface area contributed by atoms with Crippen LogP contribution in [-0.2, 0) is 26.2 Å². The first-order valence-corrected chi connectivity index (χ1v) is 16.6. The van der Waals surface area contributed by atoms with Crippen LogP contribution < -0.4 is 0 Å². The van der Waals surface area contributed by atoms with Gasteiger partial charge in [-0.1, -0.05) is 15.9 Å². The first-order valence-electron chi connectivity index (χ1n) is 15.4. The lowest BCUT2D eigenvalue weighted by Crippen LogP contribution is -2.58. The van der Waals surface area contributed by atoms with Crippen LogP contribution in [0.25, 0.3) is 0 Å². The van der Waals surface area contributed by atoms with E-state index in [9.17, 15) is 14.8 Å². The molecular weight excluding hydrogens is 640 g/mol. The molecule has 11 heteroatoms. The molecule has 0 bridgehead atoms. The highest BCUT2D eigenvalue weighted by atomic mass is 79.9. The zero-order valence-electron chi connectivity index (χ0n) is 28.8. The minimum absolute atomic E-state index is 0.00482. The summed E-state index contributed by atoms with van der Waals surface area (Å²) >= 11 is 3.27. The first-order chi connectivity index (χ1) is 20.9. The first kappa shape index (κ1) is 38.7. The lowest BCUT2D eigenvalue weighted by atomic mass is 9.82. The van der Waals surface area contributed by atoms with Crippen molar-refractivity contribution >= 4 is 27.9 Å². The highest BCUT2D eigenvalue weighted by molar-refractivity contribution is 9.08. The van der Waals surface area contributed by atoms with E-state index >= 15 is 0 Å². The second kappa shape index (κ2) is 16.4. The molecule has 45 heavy (non-hydrogen) atoms. The maximum Gasteiger partial charge on any atom is 0.339 e. The number of nitrogens with zero attached hydrogens (tertiary/aromatic N) is 4. The number of aromatic nitrogens is 2. The van der Waals surface area contributed by atoms with Gasteiger partial charge < -0.3 is 14.7 Å². The lowest BCUT2D eigenvalue weighted by Gasteiger charge is -2.51. The maximum atomic E-state index is 11.6. The molecule has 0 aromatic carbocycles. The maximum absolute atomic E-state index is 11.6. The molecule has 252 valence electrons. The van der Waals surface area contributed by atoms with Gasteiger partial charge in [0.15, 0.2) is 0 Å². The smallest absolute Gasteiger partial charge is 0.339 e. The van der Waals surface area contributed by atoms with Crippen molar-refractivity contribution in [3.05, 3.63) is 59.2 Å². The summed E-state index contributed by atoms with van der Waals surface area (Å²) in [6.07, 6.45) is 13.2. The monoisotopic (exact) mass is 692 g/mol. The summed E-state index contributed by atoms with van der Waals surface area (Å²) in [7, 11) is 2.72. The number of carbonyl (C=O) groups is 2. The Hall–Kier alpha value is -2.44. The van der Waals surface area contributed by atoms with Crippen molar-refractivity contribution < 1.29 is 29.1 Å². The molecular formula is C34H53BrN4O6. The van der Waals surface area contributed by atoms with Crippen molar-refractivity contribution in [3.8, 4) is 0 Å². The number of alkyl halides is 1. The molecule has 1 N–H and O–H groups in total. The molecule has 2 aliphatic rings. The van der Waals surface area contributed by atoms with Crippen LogP contribution in [0.2, 0.25) is 0 Å². The number of rotatable bonds is 6. The summed E-state index contributed by atoms with van der Waals surface area (Å²) in [6.45, 7) is 17.6. The molecule has 4 heterocycles. The van der Waals surface area contributed by atoms with E-state index in [2.05, 4.69) is 91.1 Å². The molecule has 10 nitrogen and oxygen atoms in total.